The van der Waals surface area contributed by atoms with Crippen LogP contribution in [0, 0.1) is 5.41 Å². The van der Waals surface area contributed by atoms with Gasteiger partial charge in [-0.25, -0.2) is 0 Å². The van der Waals surface area contributed by atoms with Crippen LogP contribution in [0.3, 0.4) is 0 Å². The van der Waals surface area contributed by atoms with Crippen LogP contribution in [0.5, 0.6) is 0 Å². The van der Waals surface area contributed by atoms with E-state index in [4.69, 9.17) is 11.6 Å². The Balaban J connectivity index is 2.91. The number of carbonyl (C=O) groups excluding carboxylic acids is 1. The molecule has 0 aromatic carbocycles. The fraction of sp³-hybridized carbons (Fsp3) is 0.889. The van der Waals surface area contributed by atoms with E-state index < -0.39 is 16.4 Å². The lowest BCUT2D eigenvalue weighted by molar-refractivity contribution is -0.135. The van der Waals surface area contributed by atoms with Crippen LogP contribution in [0.1, 0.15) is 33.6 Å². The van der Waals surface area contributed by atoms with Gasteiger partial charge in [-0.2, -0.15) is 0 Å². The lowest BCUT2D eigenvalue weighted by Crippen LogP contribution is -2.49. The molecule has 0 aromatic heterocycles. The first-order chi connectivity index (χ1) is 5.26. The maximum atomic E-state index is 11.7. The van der Waals surface area contributed by atoms with Crippen molar-refractivity contribution < 1.29 is 9.90 Å². The van der Waals surface area contributed by atoms with Crippen LogP contribution in [0.15, 0.2) is 0 Å². The minimum atomic E-state index is -0.874. The largest absolute Gasteiger partial charge is 0.393 e. The molecule has 0 heterocycles. The third-order valence-electron chi connectivity index (χ3n) is 2.45. The Bertz CT molecular complexity index is 189. The summed E-state index contributed by atoms with van der Waals surface area (Å²) in [5.41, 5.74) is -0.478. The summed E-state index contributed by atoms with van der Waals surface area (Å²) in [4.78, 5) is 10.8. The maximum Gasteiger partial charge on any atom is 0.159 e. The molecule has 70 valence electrons. The van der Waals surface area contributed by atoms with Crippen molar-refractivity contribution in [1.29, 1.82) is 0 Å². The van der Waals surface area contributed by atoms with E-state index in [1.165, 1.54) is 0 Å². The Hall–Kier alpha value is -0.0800. The van der Waals surface area contributed by atoms with E-state index >= 15 is 0 Å². The van der Waals surface area contributed by atoms with Crippen molar-refractivity contribution in [1.82, 2.24) is 0 Å². The number of halogens is 1. The second-order valence-corrected chi connectivity index (χ2v) is 5.31. The summed E-state index contributed by atoms with van der Waals surface area (Å²) in [5, 5.41) is 9.46. The highest BCUT2D eigenvalue weighted by molar-refractivity contribution is 6.35. The molecule has 1 unspecified atom stereocenters. The molecule has 0 aliphatic heterocycles. The molecule has 0 radical (unpaired) electrons. The summed E-state index contributed by atoms with van der Waals surface area (Å²) in [7, 11) is 0. The standard InChI is InChI=1S/C9H15ClO2/c1-8(2)4-6(11)5-9(3,10)7(8)12/h6,11H,4-5H2,1-3H3/t6-,9?/m1/s1. The minimum absolute atomic E-state index is 0.0435. The van der Waals surface area contributed by atoms with Crippen molar-refractivity contribution in [2.75, 3.05) is 0 Å². The van der Waals surface area contributed by atoms with Gasteiger partial charge in [0.25, 0.3) is 0 Å². The molecular weight excluding hydrogens is 176 g/mol. The molecule has 1 aliphatic carbocycles. The van der Waals surface area contributed by atoms with Crippen LogP contribution in [0.4, 0.5) is 0 Å². The van der Waals surface area contributed by atoms with E-state index in [0.29, 0.717) is 12.8 Å². The number of hydrogen-bond acceptors (Lipinski definition) is 2. The molecule has 3 heteroatoms. The Labute approximate surface area is 77.9 Å². The summed E-state index contributed by atoms with van der Waals surface area (Å²) in [6.45, 7) is 5.34. The number of rotatable bonds is 0. The van der Waals surface area contributed by atoms with Gasteiger partial charge in [0.1, 0.15) is 4.87 Å². The first-order valence-corrected chi connectivity index (χ1v) is 4.55. The monoisotopic (exact) mass is 190 g/mol. The first kappa shape index (κ1) is 10.0. The van der Waals surface area contributed by atoms with Gasteiger partial charge in [-0.15, -0.1) is 11.6 Å². The van der Waals surface area contributed by atoms with E-state index in [9.17, 15) is 9.90 Å². The average molecular weight is 191 g/mol. The number of alkyl halides is 1. The zero-order valence-corrected chi connectivity index (χ0v) is 8.48. The first-order valence-electron chi connectivity index (χ1n) is 4.17. The van der Waals surface area contributed by atoms with Gasteiger partial charge in [-0.05, 0) is 19.8 Å². The SMILES string of the molecule is CC1(C)C[C@@H](O)CC(C)(Cl)C1=O. The van der Waals surface area contributed by atoms with Crippen LogP contribution in [0.25, 0.3) is 0 Å². The molecule has 0 bridgehead atoms. The number of ketones is 1. The van der Waals surface area contributed by atoms with E-state index in [1.54, 1.807) is 6.92 Å². The molecule has 1 N–H and O–H groups in total. The van der Waals surface area contributed by atoms with Gasteiger partial charge < -0.3 is 5.11 Å². The van der Waals surface area contributed by atoms with Crippen molar-refractivity contribution in [3.05, 3.63) is 0 Å². The Morgan fingerprint density at radius 1 is 1.42 bits per heavy atom. The van der Waals surface area contributed by atoms with Crippen LogP contribution in [0.2, 0.25) is 0 Å². The Morgan fingerprint density at radius 3 is 2.33 bits per heavy atom. The number of Topliss-reactive ketones (excluding diaryl/α,β-unsaturated/α-hetero) is 1. The Kier molecular flexibility index (Phi) is 2.26. The van der Waals surface area contributed by atoms with Crippen LogP contribution < -0.4 is 0 Å². The van der Waals surface area contributed by atoms with Crippen LogP contribution in [-0.2, 0) is 4.79 Å². The summed E-state index contributed by atoms with van der Waals surface area (Å²) >= 11 is 5.99. The van der Waals surface area contributed by atoms with Crippen molar-refractivity contribution in [3.8, 4) is 0 Å². The second-order valence-electron chi connectivity index (χ2n) is 4.47. The molecule has 1 aliphatic rings. The minimum Gasteiger partial charge on any atom is -0.393 e. The fourth-order valence-electron chi connectivity index (χ4n) is 1.99. The quantitative estimate of drug-likeness (QED) is 0.591. The second kappa shape index (κ2) is 2.71. The van der Waals surface area contributed by atoms with Gasteiger partial charge in [0.15, 0.2) is 5.78 Å². The third kappa shape index (κ3) is 1.64. The zero-order chi connectivity index (χ0) is 9.57. The summed E-state index contributed by atoms with van der Waals surface area (Å²) in [5.74, 6) is 0.0435. The maximum absolute atomic E-state index is 11.7. The van der Waals surface area contributed by atoms with Gasteiger partial charge in [0.2, 0.25) is 0 Å². The molecule has 2 atom stereocenters. The lowest BCUT2D eigenvalue weighted by Gasteiger charge is -2.39. The number of hydrogen-bond donors (Lipinski definition) is 1. The van der Waals surface area contributed by atoms with Gasteiger partial charge >= 0.3 is 0 Å². The highest BCUT2D eigenvalue weighted by atomic mass is 35.5. The smallest absolute Gasteiger partial charge is 0.159 e. The molecule has 12 heavy (non-hydrogen) atoms. The molecule has 0 spiro atoms. The van der Waals surface area contributed by atoms with Gasteiger partial charge in [0, 0.05) is 5.41 Å². The highest BCUT2D eigenvalue weighted by Crippen LogP contribution is 2.41. The van der Waals surface area contributed by atoms with Crippen molar-refractivity contribution in [3.63, 3.8) is 0 Å². The topological polar surface area (TPSA) is 37.3 Å². The Morgan fingerprint density at radius 2 is 1.92 bits per heavy atom. The van der Waals surface area contributed by atoms with E-state index in [0.717, 1.165) is 0 Å². The lowest BCUT2D eigenvalue weighted by atomic mass is 9.70. The van der Waals surface area contributed by atoms with Gasteiger partial charge in [-0.3, -0.25) is 4.79 Å². The molecule has 1 rings (SSSR count). The van der Waals surface area contributed by atoms with E-state index in [2.05, 4.69) is 0 Å². The zero-order valence-electron chi connectivity index (χ0n) is 7.72. The van der Waals surface area contributed by atoms with Crippen molar-refractivity contribution in [2.24, 2.45) is 5.41 Å². The normalized spacial score (nSPS) is 41.4. The number of aliphatic hydroxyl groups is 1. The third-order valence-corrected chi connectivity index (χ3v) is 2.78. The molecule has 0 aromatic rings. The van der Waals surface area contributed by atoms with Gasteiger partial charge in [-0.1, -0.05) is 13.8 Å². The molecule has 1 fully saturated rings. The molecule has 0 saturated heterocycles. The molecule has 2 nitrogen and oxygen atoms in total. The van der Waals surface area contributed by atoms with Crippen molar-refractivity contribution >= 4 is 17.4 Å². The fourth-order valence-corrected chi connectivity index (χ4v) is 2.43. The highest BCUT2D eigenvalue weighted by Gasteiger charge is 2.47. The summed E-state index contributed by atoms with van der Waals surface area (Å²) in [6.07, 6.45) is 0.450. The summed E-state index contributed by atoms with van der Waals surface area (Å²) < 4.78 is 0. The average Bonchev–Trinajstić information content (AvgIpc) is 1.80. The van der Waals surface area contributed by atoms with Crippen LogP contribution >= 0.6 is 11.6 Å². The molecule has 1 saturated carbocycles. The van der Waals surface area contributed by atoms with Crippen molar-refractivity contribution in [2.45, 2.75) is 44.6 Å². The predicted octanol–water partition coefficient (Wildman–Crippen LogP) is 1.73. The molecular formula is C9H15ClO2. The summed E-state index contributed by atoms with van der Waals surface area (Å²) in [6, 6.07) is 0. The predicted molar refractivity (Wildman–Crippen MR) is 48.3 cm³/mol. The van der Waals surface area contributed by atoms with Crippen LogP contribution in [-0.4, -0.2) is 21.9 Å². The molecule has 0 amide bonds. The van der Waals surface area contributed by atoms with E-state index in [1.807, 2.05) is 13.8 Å². The number of carbonyl (C=O) groups is 1. The van der Waals surface area contributed by atoms with Gasteiger partial charge in [0.05, 0.1) is 6.10 Å². The number of aliphatic hydroxyl groups excluding tert-OH is 1. The van der Waals surface area contributed by atoms with E-state index in [-0.39, 0.29) is 5.78 Å².